The van der Waals surface area contributed by atoms with Gasteiger partial charge in [-0.1, -0.05) is 0 Å². The van der Waals surface area contributed by atoms with Crippen molar-refractivity contribution in [3.8, 4) is 0 Å². The quantitative estimate of drug-likeness (QED) is 0.404. The molecule has 0 aliphatic rings. The molecule has 0 bridgehead atoms. The van der Waals surface area contributed by atoms with Crippen molar-refractivity contribution in [3.63, 3.8) is 0 Å². The molecule has 7 heteroatoms. The van der Waals surface area contributed by atoms with E-state index in [1.54, 1.807) is 41.5 Å². The van der Waals surface area contributed by atoms with E-state index < -0.39 is 0 Å². The van der Waals surface area contributed by atoms with Crippen LogP contribution in [0.3, 0.4) is 0 Å². The maximum Gasteiger partial charge on any atom is 0.302 e. The van der Waals surface area contributed by atoms with Crippen LogP contribution in [0.15, 0.2) is 0 Å². The van der Waals surface area contributed by atoms with Gasteiger partial charge in [0, 0.05) is 88.5 Å². The second kappa shape index (κ2) is 18.6. The molecule has 0 unspecified atom stereocenters. The standard InChI is InChI=1S/3C5H8O2.Yb/c3*1-4(6)3-5(2)7;/h3*3H2,1-2H3;/p+6. The largest absolute Gasteiger partial charge is 0.302 e. The molecule has 0 aliphatic carbocycles. The van der Waals surface area contributed by atoms with Crippen molar-refractivity contribution in [2.24, 2.45) is 0 Å². The normalized spacial score (nSPS) is 7.91. The molecule has 0 aromatic rings. The van der Waals surface area contributed by atoms with Crippen molar-refractivity contribution in [3.05, 3.63) is 0 Å². The number of rotatable bonds is 6. The zero-order valence-corrected chi connectivity index (χ0v) is 15.8. The van der Waals surface area contributed by atoms with Crippen LogP contribution in [-0.2, 0) is 0 Å². The van der Waals surface area contributed by atoms with Gasteiger partial charge in [-0.15, -0.1) is 0 Å². The van der Waals surface area contributed by atoms with Gasteiger partial charge in [0.15, 0.2) is 19.3 Å². The Bertz CT molecular complexity index is 314. The first-order valence-electron chi connectivity index (χ1n) is 6.46. The van der Waals surface area contributed by atoms with Gasteiger partial charge in [0.1, 0.15) is 0 Å². The fourth-order valence-electron chi connectivity index (χ4n) is 1.11. The molecule has 0 aromatic carbocycles. The number of ketones is 6. The molecule has 0 aromatic heterocycles. The molecule has 0 saturated heterocycles. The molecule has 0 atom stereocenters. The summed E-state index contributed by atoms with van der Waals surface area (Å²) in [5.41, 5.74) is 0. The molecule has 6 N–H and O–H groups in total. The topological polar surface area (TPSA) is 128 Å². The number of hydrogen-bond acceptors (Lipinski definition) is 0. The summed E-state index contributed by atoms with van der Waals surface area (Å²) in [4.78, 5) is 50.8. The van der Waals surface area contributed by atoms with E-state index in [0.29, 0.717) is 19.3 Å². The molecular weight excluding hydrogens is 449 g/mol. The monoisotopic (exact) mass is 480 g/mol. The van der Waals surface area contributed by atoms with Crippen LogP contribution in [0.25, 0.3) is 0 Å². The van der Waals surface area contributed by atoms with E-state index >= 15 is 0 Å². The summed E-state index contributed by atoms with van der Waals surface area (Å²) in [6, 6.07) is 0. The van der Waals surface area contributed by atoms with Gasteiger partial charge in [0.25, 0.3) is 0 Å². The molecule has 134 valence electrons. The third kappa shape index (κ3) is 50.4. The summed E-state index contributed by atoms with van der Waals surface area (Å²) in [7, 11) is 0. The SMILES string of the molecule is CC(=[OH+])CC(C)=[OH+].CC(=[OH+])CC(C)=[OH+].CC(=[OH+])CC(C)=[OH+].[Yb]. The first kappa shape index (κ1) is 29.5. The van der Waals surface area contributed by atoms with Gasteiger partial charge in [0.2, 0.25) is 0 Å². The van der Waals surface area contributed by atoms with Crippen LogP contribution in [0.1, 0.15) is 60.8 Å². The Balaban J connectivity index is -0.000000108. The first-order valence-corrected chi connectivity index (χ1v) is 6.46. The number of carbonyl (C=O) groups excluding carboxylic acids is 6. The van der Waals surface area contributed by atoms with E-state index in [9.17, 15) is 0 Å². The fraction of sp³-hybridized carbons (Fsp3) is 0.600. The first-order chi connectivity index (χ1) is 9.38. The third-order valence-corrected chi connectivity index (χ3v) is 1.54. The smallest absolute Gasteiger partial charge is 0.283 e. The molecule has 0 spiro atoms. The maximum absolute atomic E-state index is 8.46. The average Bonchev–Trinajstić information content (AvgIpc) is 2.10. The van der Waals surface area contributed by atoms with Crippen molar-refractivity contribution in [2.45, 2.75) is 60.8 Å². The predicted molar refractivity (Wildman–Crippen MR) is 89.6 cm³/mol. The van der Waals surface area contributed by atoms with E-state index in [1.165, 1.54) is 0 Å². The summed E-state index contributed by atoms with van der Waals surface area (Å²) in [5, 5.41) is 0. The van der Waals surface area contributed by atoms with Gasteiger partial charge in [-0.2, -0.15) is 0 Å². The van der Waals surface area contributed by atoms with Crippen LogP contribution >= 0.6 is 0 Å². The van der Waals surface area contributed by atoms with Crippen LogP contribution < -0.4 is 0 Å². The molecule has 0 rings (SSSR count). The summed E-state index contributed by atoms with van der Waals surface area (Å²) in [6.45, 7) is 9.33. The third-order valence-electron chi connectivity index (χ3n) is 1.54. The Morgan fingerprint density at radius 1 is 0.409 bits per heavy atom. The molecule has 0 heterocycles. The molecule has 6 nitrogen and oxygen atoms in total. The van der Waals surface area contributed by atoms with Gasteiger partial charge in [0.05, 0.1) is 0 Å². The molecule has 0 amide bonds. The van der Waals surface area contributed by atoms with Gasteiger partial charge < -0.3 is 0 Å². The second-order valence-corrected chi connectivity index (χ2v) is 4.94. The van der Waals surface area contributed by atoms with Gasteiger partial charge in [-0.25, -0.2) is 0 Å². The summed E-state index contributed by atoms with van der Waals surface area (Å²) < 4.78 is 0. The van der Waals surface area contributed by atoms with Crippen molar-refractivity contribution in [2.75, 3.05) is 0 Å². The van der Waals surface area contributed by atoms with Crippen LogP contribution in [0, 0.1) is 46.9 Å². The van der Waals surface area contributed by atoms with E-state index in [4.69, 9.17) is 28.8 Å². The minimum Gasteiger partial charge on any atom is -0.283 e. The zero-order valence-electron chi connectivity index (χ0n) is 14.1. The van der Waals surface area contributed by atoms with E-state index in [-0.39, 0.29) is 81.6 Å². The Kier molecular flexibility index (Phi) is 25.0. The van der Waals surface area contributed by atoms with Gasteiger partial charge in [-0.3, -0.25) is 28.8 Å². The van der Waals surface area contributed by atoms with E-state index in [2.05, 4.69) is 0 Å². The van der Waals surface area contributed by atoms with Crippen LogP contribution in [-0.4, -0.2) is 63.5 Å². The van der Waals surface area contributed by atoms with Crippen molar-refractivity contribution < 1.29 is 75.7 Å². The summed E-state index contributed by atoms with van der Waals surface area (Å²) in [5.74, 6) is 1.50. The van der Waals surface area contributed by atoms with Gasteiger partial charge >= 0.3 is 34.7 Å². The Morgan fingerprint density at radius 3 is 0.500 bits per heavy atom. The second-order valence-electron chi connectivity index (χ2n) is 4.94. The minimum absolute atomic E-state index is 0. The fourth-order valence-corrected chi connectivity index (χ4v) is 1.11. The molecule has 0 radical (unpaired) electrons. The molecule has 0 aliphatic heterocycles. The van der Waals surface area contributed by atoms with Crippen molar-refractivity contribution in [1.82, 2.24) is 0 Å². The Labute approximate surface area is 170 Å². The predicted octanol–water partition coefficient (Wildman–Crippen LogP) is 1.52. The Hall–Kier alpha value is -0.461. The van der Waals surface area contributed by atoms with Gasteiger partial charge in [-0.05, 0) is 0 Å². The summed E-state index contributed by atoms with van der Waals surface area (Å²) in [6.07, 6.45) is 0.917. The van der Waals surface area contributed by atoms with Crippen molar-refractivity contribution >= 4 is 34.7 Å². The van der Waals surface area contributed by atoms with Crippen LogP contribution in [0.2, 0.25) is 0 Å². The number of hydrogen-bond donors (Lipinski definition) is 0. The van der Waals surface area contributed by atoms with E-state index in [0.717, 1.165) is 0 Å². The molecule has 0 fully saturated rings. The molecule has 22 heavy (non-hydrogen) atoms. The Morgan fingerprint density at radius 2 is 0.500 bits per heavy atom. The van der Waals surface area contributed by atoms with Crippen LogP contribution in [0.4, 0.5) is 0 Å². The summed E-state index contributed by atoms with van der Waals surface area (Å²) >= 11 is 0. The van der Waals surface area contributed by atoms with Crippen LogP contribution in [0.5, 0.6) is 0 Å². The average molecular weight is 479 g/mol. The molecule has 0 saturated carbocycles. The minimum atomic E-state index is 0. The van der Waals surface area contributed by atoms with Crippen molar-refractivity contribution in [1.29, 1.82) is 0 Å². The maximum atomic E-state index is 8.46. The van der Waals surface area contributed by atoms with E-state index in [1.807, 2.05) is 0 Å². The zero-order chi connectivity index (χ0) is 17.6. The molecular formula is C15H30O6Yb+6.